The van der Waals surface area contributed by atoms with Crippen LogP contribution in [0.15, 0.2) is 36.8 Å². The Bertz CT molecular complexity index is 1330. The van der Waals surface area contributed by atoms with E-state index in [-0.39, 0.29) is 11.6 Å². The molecular weight excluding hydrogens is 421 g/mol. The monoisotopic (exact) mass is 449 g/mol. The third-order valence-corrected chi connectivity index (χ3v) is 6.40. The van der Waals surface area contributed by atoms with Crippen LogP contribution in [-0.4, -0.2) is 51.3 Å². The van der Waals surface area contributed by atoms with E-state index in [0.717, 1.165) is 37.0 Å². The normalized spacial score (nSPS) is 15.0. The summed E-state index contributed by atoms with van der Waals surface area (Å²) < 4.78 is 17.9. The maximum absolute atomic E-state index is 14.5. The second kappa shape index (κ2) is 8.47. The van der Waals surface area contributed by atoms with Gasteiger partial charge in [0.1, 0.15) is 5.52 Å². The lowest BCUT2D eigenvalue weighted by Crippen LogP contribution is -2.41. The Morgan fingerprint density at radius 1 is 1.21 bits per heavy atom. The van der Waals surface area contributed by atoms with E-state index in [1.165, 1.54) is 6.07 Å². The number of fused-ring (bicyclic) bond motifs is 2. The molecule has 1 aromatic carbocycles. The molecule has 1 aliphatic rings. The molecular formula is C24H28FN7O. The van der Waals surface area contributed by atoms with Gasteiger partial charge in [-0.2, -0.15) is 5.10 Å². The summed E-state index contributed by atoms with van der Waals surface area (Å²) in [5.41, 5.74) is 3.52. The summed E-state index contributed by atoms with van der Waals surface area (Å²) in [7, 11) is 2.01. The molecule has 1 amide bonds. The van der Waals surface area contributed by atoms with E-state index >= 15 is 0 Å². The van der Waals surface area contributed by atoms with E-state index in [1.807, 2.05) is 37.0 Å². The maximum Gasteiger partial charge on any atom is 0.257 e. The first-order chi connectivity index (χ1) is 16.0. The number of hydrogen-bond acceptors (Lipinski definition) is 5. The molecule has 4 aromatic rings. The fraction of sp³-hybridized carbons (Fsp3) is 0.375. The number of pyridine rings is 1. The summed E-state index contributed by atoms with van der Waals surface area (Å²) in [5.74, 6) is -0.806. The molecule has 3 aromatic heterocycles. The number of amides is 1. The quantitative estimate of drug-likeness (QED) is 0.487. The zero-order chi connectivity index (χ0) is 23.1. The summed E-state index contributed by atoms with van der Waals surface area (Å²) >= 11 is 0. The van der Waals surface area contributed by atoms with Crippen LogP contribution >= 0.6 is 0 Å². The van der Waals surface area contributed by atoms with E-state index in [1.54, 1.807) is 23.7 Å². The highest BCUT2D eigenvalue weighted by atomic mass is 19.1. The van der Waals surface area contributed by atoms with Crippen LogP contribution in [0.4, 0.5) is 15.8 Å². The highest BCUT2D eigenvalue weighted by Gasteiger charge is 2.23. The van der Waals surface area contributed by atoms with Crippen molar-refractivity contribution < 1.29 is 9.18 Å². The number of benzene rings is 1. The Kier molecular flexibility index (Phi) is 5.49. The zero-order valence-corrected chi connectivity index (χ0v) is 19.1. The number of carbonyl (C=O) groups excluding carboxylic acids is 1. The minimum absolute atomic E-state index is 0.237. The number of carbonyl (C=O) groups is 1. The van der Waals surface area contributed by atoms with Gasteiger partial charge in [-0.15, -0.1) is 0 Å². The minimum atomic E-state index is -0.485. The first-order valence-electron chi connectivity index (χ1n) is 11.4. The molecule has 2 N–H and O–H groups in total. The van der Waals surface area contributed by atoms with Crippen LogP contribution in [0, 0.1) is 12.7 Å². The standard InChI is InChI=1S/C24H28FN7O/c1-4-32-14-19-21(30-9-7-16(26-3)8-10-30)6-5-18(22(19)29-32)24(33)28-17-11-20(25)23-27-15(2)12-31(23)13-17/h5-6,11-14,16,26H,4,7-10H2,1-3H3,(H,28,33). The largest absolute Gasteiger partial charge is 0.371 e. The van der Waals surface area contributed by atoms with Gasteiger partial charge in [0, 0.05) is 61.4 Å². The number of anilines is 2. The molecule has 0 bridgehead atoms. The molecule has 8 nitrogen and oxygen atoms in total. The molecule has 1 aliphatic heterocycles. The van der Waals surface area contributed by atoms with E-state index in [2.05, 4.69) is 25.6 Å². The zero-order valence-electron chi connectivity index (χ0n) is 19.1. The van der Waals surface area contributed by atoms with Gasteiger partial charge in [-0.3, -0.25) is 9.48 Å². The number of nitrogens with one attached hydrogen (secondary N) is 2. The van der Waals surface area contributed by atoms with Gasteiger partial charge in [0.05, 0.1) is 16.9 Å². The van der Waals surface area contributed by atoms with Gasteiger partial charge in [0.15, 0.2) is 11.5 Å². The molecule has 9 heteroatoms. The van der Waals surface area contributed by atoms with E-state index in [4.69, 9.17) is 0 Å². The summed E-state index contributed by atoms with van der Waals surface area (Å²) in [6.07, 6.45) is 7.54. The van der Waals surface area contributed by atoms with Crippen molar-refractivity contribution in [3.8, 4) is 0 Å². The van der Waals surface area contributed by atoms with Crippen LogP contribution in [-0.2, 0) is 6.54 Å². The molecule has 1 saturated heterocycles. The molecule has 0 aliphatic carbocycles. The summed E-state index contributed by atoms with van der Waals surface area (Å²) in [4.78, 5) is 19.7. The number of nitrogens with zero attached hydrogens (tertiary/aromatic N) is 5. The van der Waals surface area contributed by atoms with Crippen LogP contribution < -0.4 is 15.5 Å². The fourth-order valence-electron chi connectivity index (χ4n) is 4.61. The summed E-state index contributed by atoms with van der Waals surface area (Å²) in [6, 6.07) is 5.65. The first-order valence-corrected chi connectivity index (χ1v) is 11.4. The second-order valence-corrected chi connectivity index (χ2v) is 8.57. The van der Waals surface area contributed by atoms with Gasteiger partial charge in [0.2, 0.25) is 0 Å². The SMILES string of the molecule is CCn1cc2c(N3CCC(NC)CC3)ccc(C(=O)Nc3cc(F)c4nc(C)cn4c3)c2n1. The van der Waals surface area contributed by atoms with Crippen molar-refractivity contribution in [1.29, 1.82) is 0 Å². The van der Waals surface area contributed by atoms with Crippen molar-refractivity contribution >= 4 is 33.8 Å². The number of halogens is 1. The average molecular weight is 450 g/mol. The van der Waals surface area contributed by atoms with Gasteiger partial charge in [-0.25, -0.2) is 9.37 Å². The molecule has 0 spiro atoms. The van der Waals surface area contributed by atoms with Crippen LogP contribution in [0.3, 0.4) is 0 Å². The average Bonchev–Trinajstić information content (AvgIpc) is 3.41. The van der Waals surface area contributed by atoms with Crippen molar-refractivity contribution in [2.45, 2.75) is 39.3 Å². The second-order valence-electron chi connectivity index (χ2n) is 8.57. The molecule has 1 fully saturated rings. The predicted molar refractivity (Wildman–Crippen MR) is 128 cm³/mol. The Hall–Kier alpha value is -3.46. The Morgan fingerprint density at radius 3 is 2.73 bits per heavy atom. The van der Waals surface area contributed by atoms with Crippen molar-refractivity contribution in [3.05, 3.63) is 53.9 Å². The molecule has 5 rings (SSSR count). The highest BCUT2D eigenvalue weighted by Crippen LogP contribution is 2.31. The molecule has 172 valence electrons. The molecule has 0 unspecified atom stereocenters. The van der Waals surface area contributed by atoms with Crippen molar-refractivity contribution in [2.24, 2.45) is 0 Å². The number of imidazole rings is 1. The molecule has 0 radical (unpaired) electrons. The molecule has 4 heterocycles. The predicted octanol–water partition coefficient (Wildman–Crippen LogP) is 3.59. The number of rotatable bonds is 5. The smallest absolute Gasteiger partial charge is 0.257 e. The number of hydrogen-bond donors (Lipinski definition) is 2. The topological polar surface area (TPSA) is 79.5 Å². The third kappa shape index (κ3) is 3.93. The van der Waals surface area contributed by atoms with Crippen molar-refractivity contribution in [1.82, 2.24) is 24.5 Å². The minimum Gasteiger partial charge on any atom is -0.371 e. The number of aromatic nitrogens is 4. The third-order valence-electron chi connectivity index (χ3n) is 6.40. The lowest BCUT2D eigenvalue weighted by atomic mass is 10.0. The van der Waals surface area contributed by atoms with E-state index in [0.29, 0.717) is 35.0 Å². The Balaban J connectivity index is 1.48. The molecule has 33 heavy (non-hydrogen) atoms. The van der Waals surface area contributed by atoms with Gasteiger partial charge < -0.3 is 19.9 Å². The number of piperidine rings is 1. The van der Waals surface area contributed by atoms with Crippen LogP contribution in [0.5, 0.6) is 0 Å². The van der Waals surface area contributed by atoms with E-state index in [9.17, 15) is 9.18 Å². The molecule has 0 saturated carbocycles. The summed E-state index contributed by atoms with van der Waals surface area (Å²) in [5, 5.41) is 11.8. The summed E-state index contributed by atoms with van der Waals surface area (Å²) in [6.45, 7) is 6.43. The number of aryl methyl sites for hydroxylation is 2. The van der Waals surface area contributed by atoms with Crippen molar-refractivity contribution in [2.75, 3.05) is 30.4 Å². The highest BCUT2D eigenvalue weighted by molar-refractivity contribution is 6.13. The lowest BCUT2D eigenvalue weighted by Gasteiger charge is -2.33. The Labute approximate surface area is 191 Å². The fourth-order valence-corrected chi connectivity index (χ4v) is 4.61. The van der Waals surface area contributed by atoms with Crippen LogP contribution in [0.1, 0.15) is 35.8 Å². The van der Waals surface area contributed by atoms with Crippen LogP contribution in [0.2, 0.25) is 0 Å². The van der Waals surface area contributed by atoms with Gasteiger partial charge in [-0.05, 0) is 45.9 Å². The van der Waals surface area contributed by atoms with Crippen LogP contribution in [0.25, 0.3) is 16.6 Å². The van der Waals surface area contributed by atoms with Crippen molar-refractivity contribution in [3.63, 3.8) is 0 Å². The van der Waals surface area contributed by atoms with E-state index < -0.39 is 5.82 Å². The van der Waals surface area contributed by atoms with Gasteiger partial charge in [0.25, 0.3) is 5.91 Å². The Morgan fingerprint density at radius 2 is 2.00 bits per heavy atom. The lowest BCUT2D eigenvalue weighted by molar-refractivity contribution is 0.102. The first kappa shape index (κ1) is 21.4. The maximum atomic E-state index is 14.5. The van der Waals surface area contributed by atoms with Gasteiger partial charge in [-0.1, -0.05) is 0 Å². The molecule has 0 atom stereocenters. The van der Waals surface area contributed by atoms with Gasteiger partial charge >= 0.3 is 0 Å².